The maximum Gasteiger partial charge on any atom is 0.191 e. The van der Waals surface area contributed by atoms with Crippen LogP contribution < -0.4 is 10.5 Å². The standard InChI is InChI=1S/C17H17F2N3OS/c1-2-23-16-14(18)9-8-13(15(16)19)10-21-22-17(20)24-11-12-6-4-3-5-7-12/h3-10H,2,11H2,1H3,(H2,20,22). The Morgan fingerprint density at radius 3 is 2.67 bits per heavy atom. The van der Waals surface area contributed by atoms with Crippen LogP contribution >= 0.6 is 11.8 Å². The van der Waals surface area contributed by atoms with Gasteiger partial charge in [0.25, 0.3) is 0 Å². The summed E-state index contributed by atoms with van der Waals surface area (Å²) in [6.45, 7) is 1.81. The number of hydrogen-bond acceptors (Lipinski definition) is 4. The molecule has 24 heavy (non-hydrogen) atoms. The van der Waals surface area contributed by atoms with Crippen LogP contribution in [0.15, 0.2) is 52.7 Å². The first-order valence-electron chi connectivity index (χ1n) is 7.25. The van der Waals surface area contributed by atoms with E-state index in [-0.39, 0.29) is 17.3 Å². The number of hydrogen-bond donors (Lipinski definition) is 1. The predicted molar refractivity (Wildman–Crippen MR) is 94.5 cm³/mol. The maximum atomic E-state index is 14.1. The molecule has 0 unspecified atom stereocenters. The molecular weight excluding hydrogens is 332 g/mol. The highest BCUT2D eigenvalue weighted by Gasteiger charge is 2.13. The van der Waals surface area contributed by atoms with Gasteiger partial charge in [-0.05, 0) is 24.6 Å². The molecule has 2 rings (SSSR count). The fourth-order valence-corrected chi connectivity index (χ4v) is 2.44. The molecule has 0 aliphatic carbocycles. The lowest BCUT2D eigenvalue weighted by molar-refractivity contribution is 0.302. The molecule has 0 radical (unpaired) electrons. The predicted octanol–water partition coefficient (Wildman–Crippen LogP) is 3.95. The molecule has 0 aliphatic heterocycles. The smallest absolute Gasteiger partial charge is 0.191 e. The largest absolute Gasteiger partial charge is 0.488 e. The van der Waals surface area contributed by atoms with Crippen molar-refractivity contribution >= 4 is 23.1 Å². The van der Waals surface area contributed by atoms with Crippen molar-refractivity contribution in [1.29, 1.82) is 0 Å². The van der Waals surface area contributed by atoms with Crippen LogP contribution in [0.25, 0.3) is 0 Å². The van der Waals surface area contributed by atoms with Crippen molar-refractivity contribution < 1.29 is 13.5 Å². The van der Waals surface area contributed by atoms with Crippen LogP contribution in [-0.4, -0.2) is 18.0 Å². The second-order valence-electron chi connectivity index (χ2n) is 4.67. The maximum absolute atomic E-state index is 14.1. The van der Waals surface area contributed by atoms with Crippen molar-refractivity contribution in [2.45, 2.75) is 12.7 Å². The molecule has 4 nitrogen and oxygen atoms in total. The summed E-state index contributed by atoms with van der Waals surface area (Å²) in [5, 5.41) is 7.80. The van der Waals surface area contributed by atoms with Gasteiger partial charge in [-0.15, -0.1) is 5.10 Å². The van der Waals surface area contributed by atoms with Crippen LogP contribution in [-0.2, 0) is 5.75 Å². The van der Waals surface area contributed by atoms with E-state index in [1.165, 1.54) is 24.0 Å². The molecular formula is C17H17F2N3OS. The molecule has 7 heteroatoms. The van der Waals surface area contributed by atoms with Crippen LogP contribution in [0.1, 0.15) is 18.1 Å². The number of nitrogens with zero attached hydrogens (tertiary/aromatic N) is 2. The second kappa shape index (κ2) is 9.02. The lowest BCUT2D eigenvalue weighted by Gasteiger charge is -2.07. The highest BCUT2D eigenvalue weighted by molar-refractivity contribution is 8.13. The van der Waals surface area contributed by atoms with Crippen molar-refractivity contribution in [3.63, 3.8) is 0 Å². The van der Waals surface area contributed by atoms with Crippen LogP contribution in [0.4, 0.5) is 8.78 Å². The van der Waals surface area contributed by atoms with Gasteiger partial charge in [-0.2, -0.15) is 5.10 Å². The Hall–Kier alpha value is -2.41. The van der Waals surface area contributed by atoms with E-state index in [1.54, 1.807) is 6.92 Å². The van der Waals surface area contributed by atoms with E-state index < -0.39 is 17.4 Å². The molecule has 0 aromatic heterocycles. The van der Waals surface area contributed by atoms with Gasteiger partial charge in [-0.3, -0.25) is 0 Å². The number of halogens is 2. The molecule has 2 aromatic carbocycles. The van der Waals surface area contributed by atoms with Crippen molar-refractivity contribution in [2.24, 2.45) is 15.9 Å². The van der Waals surface area contributed by atoms with Gasteiger partial charge in [0.15, 0.2) is 22.6 Å². The van der Waals surface area contributed by atoms with Crippen LogP contribution in [0.5, 0.6) is 5.75 Å². The topological polar surface area (TPSA) is 60.0 Å². The van der Waals surface area contributed by atoms with E-state index in [2.05, 4.69) is 10.2 Å². The van der Waals surface area contributed by atoms with Crippen molar-refractivity contribution in [3.05, 3.63) is 65.2 Å². The minimum absolute atomic E-state index is 0.0736. The zero-order valence-corrected chi connectivity index (χ0v) is 13.9. The summed E-state index contributed by atoms with van der Waals surface area (Å²) >= 11 is 1.32. The van der Waals surface area contributed by atoms with Gasteiger partial charge in [0.1, 0.15) is 0 Å². The molecule has 0 saturated carbocycles. The average Bonchev–Trinajstić information content (AvgIpc) is 2.59. The summed E-state index contributed by atoms with van der Waals surface area (Å²) in [6.07, 6.45) is 1.17. The zero-order chi connectivity index (χ0) is 17.4. The molecule has 0 amide bonds. The van der Waals surface area contributed by atoms with Gasteiger partial charge >= 0.3 is 0 Å². The van der Waals surface area contributed by atoms with Gasteiger partial charge in [0.2, 0.25) is 0 Å². The number of amidine groups is 1. The summed E-state index contributed by atoms with van der Waals surface area (Å²) in [7, 11) is 0. The van der Waals surface area contributed by atoms with E-state index >= 15 is 0 Å². The Balaban J connectivity index is 2.01. The first kappa shape index (κ1) is 17.9. The van der Waals surface area contributed by atoms with Crippen LogP contribution in [0.3, 0.4) is 0 Å². The number of benzene rings is 2. The molecule has 0 saturated heterocycles. The first-order chi connectivity index (χ1) is 11.6. The fraction of sp³-hybridized carbons (Fsp3) is 0.176. The van der Waals surface area contributed by atoms with Crippen LogP contribution in [0.2, 0.25) is 0 Å². The summed E-state index contributed by atoms with van der Waals surface area (Å²) in [5.41, 5.74) is 6.93. The molecule has 0 bridgehead atoms. The molecule has 0 heterocycles. The van der Waals surface area contributed by atoms with Crippen molar-refractivity contribution in [3.8, 4) is 5.75 Å². The fourth-order valence-electron chi connectivity index (χ4n) is 1.83. The quantitative estimate of drug-likeness (QED) is 0.488. The van der Waals surface area contributed by atoms with Gasteiger partial charge < -0.3 is 10.5 Å². The molecule has 126 valence electrons. The number of ether oxygens (including phenoxy) is 1. The molecule has 2 N–H and O–H groups in total. The third kappa shape index (κ3) is 5.06. The normalized spacial score (nSPS) is 11.9. The lowest BCUT2D eigenvalue weighted by atomic mass is 10.2. The molecule has 0 atom stereocenters. The SMILES string of the molecule is CCOc1c(F)ccc(C=NN=C(N)SCc2ccccc2)c1F. The minimum Gasteiger partial charge on any atom is -0.488 e. The van der Waals surface area contributed by atoms with E-state index in [0.29, 0.717) is 5.75 Å². The highest BCUT2D eigenvalue weighted by atomic mass is 32.2. The molecule has 0 spiro atoms. The van der Waals surface area contributed by atoms with Crippen molar-refractivity contribution in [2.75, 3.05) is 6.61 Å². The molecule has 2 aromatic rings. The van der Waals surface area contributed by atoms with Gasteiger partial charge in [-0.25, -0.2) is 8.78 Å². The van der Waals surface area contributed by atoms with Crippen LogP contribution in [0, 0.1) is 11.6 Å². The summed E-state index contributed by atoms with van der Waals surface area (Å²) in [4.78, 5) is 0. The van der Waals surface area contributed by atoms with Crippen molar-refractivity contribution in [1.82, 2.24) is 0 Å². The Morgan fingerprint density at radius 2 is 1.96 bits per heavy atom. The summed E-state index contributed by atoms with van der Waals surface area (Å²) in [6, 6.07) is 12.2. The van der Waals surface area contributed by atoms with Gasteiger partial charge in [0.05, 0.1) is 12.8 Å². The molecule has 0 aliphatic rings. The summed E-state index contributed by atoms with van der Waals surface area (Å²) in [5.74, 6) is -1.33. The Bertz CT molecular complexity index is 736. The van der Waals surface area contributed by atoms with Gasteiger partial charge in [0, 0.05) is 11.3 Å². The minimum atomic E-state index is -0.814. The lowest BCUT2D eigenvalue weighted by Crippen LogP contribution is -2.06. The Kier molecular flexibility index (Phi) is 6.74. The summed E-state index contributed by atoms with van der Waals surface area (Å²) < 4.78 is 32.5. The van der Waals surface area contributed by atoms with Gasteiger partial charge in [-0.1, -0.05) is 42.1 Å². The monoisotopic (exact) mass is 349 g/mol. The number of nitrogens with two attached hydrogens (primary N) is 1. The van der Waals surface area contributed by atoms with E-state index in [4.69, 9.17) is 10.5 Å². The zero-order valence-electron chi connectivity index (χ0n) is 13.1. The number of rotatable bonds is 6. The number of thioether (sulfide) groups is 1. The first-order valence-corrected chi connectivity index (χ1v) is 8.24. The van der Waals surface area contributed by atoms with E-state index in [0.717, 1.165) is 11.6 Å². The Labute approximate surface area is 143 Å². The molecule has 0 fully saturated rings. The average molecular weight is 349 g/mol. The highest BCUT2D eigenvalue weighted by Crippen LogP contribution is 2.23. The van der Waals surface area contributed by atoms with E-state index in [1.807, 2.05) is 30.3 Å². The second-order valence-corrected chi connectivity index (χ2v) is 5.67. The third-order valence-electron chi connectivity index (χ3n) is 2.95. The third-order valence-corrected chi connectivity index (χ3v) is 3.81. The Morgan fingerprint density at radius 1 is 1.21 bits per heavy atom. The van der Waals surface area contributed by atoms with E-state index in [9.17, 15) is 8.78 Å².